The molecule has 0 heterocycles. The summed E-state index contributed by atoms with van der Waals surface area (Å²) < 4.78 is 0. The molecule has 0 aromatic carbocycles. The molecular formula is C10H22N2O2. The number of carbonyl (C=O) groups is 2. The van der Waals surface area contributed by atoms with Crippen molar-refractivity contribution < 1.29 is 9.59 Å². The molecule has 0 aliphatic carbocycles. The molecule has 0 bridgehead atoms. The lowest BCUT2D eigenvalue weighted by atomic mass is 10.5. The van der Waals surface area contributed by atoms with Gasteiger partial charge in [-0.05, 0) is 13.8 Å². The van der Waals surface area contributed by atoms with Gasteiger partial charge in [0.1, 0.15) is 0 Å². The number of rotatable bonds is 2. The number of hydrogen-bond acceptors (Lipinski definition) is 2. The minimum absolute atomic E-state index is 0.0926. The van der Waals surface area contributed by atoms with Crippen molar-refractivity contribution in [2.75, 3.05) is 27.2 Å². The highest BCUT2D eigenvalue weighted by Crippen LogP contribution is 1.84. The van der Waals surface area contributed by atoms with Gasteiger partial charge < -0.3 is 9.80 Å². The minimum atomic E-state index is 0.0926. The molecular weight excluding hydrogens is 180 g/mol. The minimum Gasteiger partial charge on any atom is -0.349 e. The van der Waals surface area contributed by atoms with E-state index in [-0.39, 0.29) is 11.8 Å². The first kappa shape index (κ1) is 15.4. The summed E-state index contributed by atoms with van der Waals surface area (Å²) in [6.45, 7) is 8.72. The first-order chi connectivity index (χ1) is 6.36. The summed E-state index contributed by atoms with van der Waals surface area (Å²) in [4.78, 5) is 23.9. The Bertz CT molecular complexity index is 175. The zero-order valence-electron chi connectivity index (χ0n) is 10.1. The third-order valence-electron chi connectivity index (χ3n) is 1.84. The lowest BCUT2D eigenvalue weighted by Crippen LogP contribution is -2.27. The van der Waals surface area contributed by atoms with Gasteiger partial charge in [-0.3, -0.25) is 9.59 Å². The summed E-state index contributed by atoms with van der Waals surface area (Å²) in [5.74, 6) is 0.255. The molecule has 0 spiro atoms. The van der Waals surface area contributed by atoms with Gasteiger partial charge in [-0.2, -0.15) is 0 Å². The Balaban J connectivity index is 0. The van der Waals surface area contributed by atoms with E-state index in [0.717, 1.165) is 13.1 Å². The van der Waals surface area contributed by atoms with E-state index in [9.17, 15) is 9.59 Å². The fourth-order valence-corrected chi connectivity index (χ4v) is 0.669. The van der Waals surface area contributed by atoms with Crippen molar-refractivity contribution in [1.29, 1.82) is 0 Å². The molecule has 0 unspecified atom stereocenters. The molecule has 2 amide bonds. The Labute approximate surface area is 86.9 Å². The molecule has 0 aliphatic rings. The Morgan fingerprint density at radius 1 is 0.929 bits per heavy atom. The molecule has 0 rings (SSSR count). The second-order valence-corrected chi connectivity index (χ2v) is 3.10. The summed E-state index contributed by atoms with van der Waals surface area (Å²) in [5.41, 5.74) is 0. The van der Waals surface area contributed by atoms with Gasteiger partial charge in [0.25, 0.3) is 0 Å². The summed E-state index contributed by atoms with van der Waals surface area (Å²) in [5, 5.41) is 0. The second kappa shape index (κ2) is 8.53. The molecule has 0 saturated carbocycles. The largest absolute Gasteiger partial charge is 0.349 e. The van der Waals surface area contributed by atoms with Crippen LogP contribution >= 0.6 is 0 Å². The Kier molecular flexibility index (Phi) is 9.40. The van der Waals surface area contributed by atoms with Crippen molar-refractivity contribution in [2.45, 2.75) is 27.7 Å². The fourth-order valence-electron chi connectivity index (χ4n) is 0.669. The van der Waals surface area contributed by atoms with Gasteiger partial charge in [0.15, 0.2) is 0 Å². The Hall–Kier alpha value is -1.06. The predicted octanol–water partition coefficient (Wildman–Crippen LogP) is 0.969. The van der Waals surface area contributed by atoms with Crippen molar-refractivity contribution in [3.63, 3.8) is 0 Å². The molecule has 0 atom stereocenters. The van der Waals surface area contributed by atoms with E-state index >= 15 is 0 Å². The van der Waals surface area contributed by atoms with Crippen LogP contribution in [0.5, 0.6) is 0 Å². The summed E-state index contributed by atoms with van der Waals surface area (Å²) in [6, 6.07) is 0. The van der Waals surface area contributed by atoms with Crippen molar-refractivity contribution >= 4 is 11.8 Å². The fraction of sp³-hybridized carbons (Fsp3) is 0.800. The van der Waals surface area contributed by atoms with Gasteiger partial charge in [0.2, 0.25) is 11.8 Å². The summed E-state index contributed by atoms with van der Waals surface area (Å²) >= 11 is 0. The van der Waals surface area contributed by atoms with Crippen molar-refractivity contribution in [3.8, 4) is 0 Å². The van der Waals surface area contributed by atoms with Crippen molar-refractivity contribution in [2.24, 2.45) is 0 Å². The average molecular weight is 202 g/mol. The predicted molar refractivity (Wildman–Crippen MR) is 58.0 cm³/mol. The van der Waals surface area contributed by atoms with Crippen LogP contribution in [0.3, 0.4) is 0 Å². The zero-order valence-corrected chi connectivity index (χ0v) is 10.1. The molecule has 0 fully saturated rings. The average Bonchev–Trinajstić information content (AvgIpc) is 2.06. The van der Waals surface area contributed by atoms with E-state index in [4.69, 9.17) is 0 Å². The lowest BCUT2D eigenvalue weighted by Gasteiger charge is -2.14. The Morgan fingerprint density at radius 2 is 1.21 bits per heavy atom. The molecule has 0 saturated heterocycles. The molecule has 14 heavy (non-hydrogen) atoms. The maximum Gasteiger partial charge on any atom is 0.219 e. The lowest BCUT2D eigenvalue weighted by molar-refractivity contribution is -0.128. The monoisotopic (exact) mass is 202 g/mol. The topological polar surface area (TPSA) is 40.6 Å². The van der Waals surface area contributed by atoms with Crippen LogP contribution in [0.15, 0.2) is 0 Å². The number of nitrogens with zero attached hydrogens (tertiary/aromatic N) is 2. The molecule has 4 heteroatoms. The van der Waals surface area contributed by atoms with Crippen LogP contribution in [-0.2, 0) is 9.59 Å². The summed E-state index contributed by atoms with van der Waals surface area (Å²) in [7, 11) is 3.45. The van der Waals surface area contributed by atoms with Crippen molar-refractivity contribution in [3.05, 3.63) is 0 Å². The van der Waals surface area contributed by atoms with Gasteiger partial charge in [-0.15, -0.1) is 0 Å². The first-order valence-corrected chi connectivity index (χ1v) is 4.80. The maximum atomic E-state index is 10.5. The molecule has 84 valence electrons. The smallest absolute Gasteiger partial charge is 0.219 e. The quantitative estimate of drug-likeness (QED) is 0.669. The van der Waals surface area contributed by atoms with E-state index in [2.05, 4.69) is 0 Å². The first-order valence-electron chi connectivity index (χ1n) is 4.80. The zero-order chi connectivity index (χ0) is 11.7. The normalized spacial score (nSPS) is 8.43. The highest BCUT2D eigenvalue weighted by atomic mass is 16.2. The van der Waals surface area contributed by atoms with Gasteiger partial charge >= 0.3 is 0 Å². The van der Waals surface area contributed by atoms with Gasteiger partial charge in [-0.25, -0.2) is 0 Å². The summed E-state index contributed by atoms with van der Waals surface area (Å²) in [6.07, 6.45) is 0. The van der Waals surface area contributed by atoms with Crippen LogP contribution in [0.4, 0.5) is 0 Å². The van der Waals surface area contributed by atoms with Gasteiger partial charge in [0.05, 0.1) is 0 Å². The SMILES string of the molecule is CC(=O)N(C)C.CCN(CC)C(C)=O. The van der Waals surface area contributed by atoms with Crippen LogP contribution in [0.2, 0.25) is 0 Å². The van der Waals surface area contributed by atoms with Crippen LogP contribution in [-0.4, -0.2) is 48.8 Å². The third kappa shape index (κ3) is 9.03. The molecule has 4 nitrogen and oxygen atoms in total. The van der Waals surface area contributed by atoms with Crippen LogP contribution in [0.25, 0.3) is 0 Å². The number of carbonyl (C=O) groups excluding carboxylic acids is 2. The third-order valence-corrected chi connectivity index (χ3v) is 1.84. The van der Waals surface area contributed by atoms with Crippen LogP contribution < -0.4 is 0 Å². The van der Waals surface area contributed by atoms with E-state index in [1.807, 2.05) is 13.8 Å². The molecule has 0 aliphatic heterocycles. The molecule has 0 radical (unpaired) electrons. The van der Waals surface area contributed by atoms with Crippen molar-refractivity contribution in [1.82, 2.24) is 9.80 Å². The van der Waals surface area contributed by atoms with E-state index in [1.54, 1.807) is 25.9 Å². The van der Waals surface area contributed by atoms with E-state index in [1.165, 1.54) is 11.8 Å². The molecule has 0 N–H and O–H groups in total. The van der Waals surface area contributed by atoms with E-state index < -0.39 is 0 Å². The van der Waals surface area contributed by atoms with Gasteiger partial charge in [0, 0.05) is 41.0 Å². The molecule has 0 aromatic rings. The Morgan fingerprint density at radius 3 is 1.21 bits per heavy atom. The molecule has 0 aromatic heterocycles. The highest BCUT2D eigenvalue weighted by molar-refractivity contribution is 5.73. The van der Waals surface area contributed by atoms with E-state index in [0.29, 0.717) is 0 Å². The van der Waals surface area contributed by atoms with Crippen LogP contribution in [0.1, 0.15) is 27.7 Å². The van der Waals surface area contributed by atoms with Crippen LogP contribution in [0, 0.1) is 0 Å². The number of hydrogen-bond donors (Lipinski definition) is 0. The maximum absolute atomic E-state index is 10.5. The standard InChI is InChI=1S/C6H13NO.C4H9NO/c1-4-7(5-2)6(3)8;1-4(6)5(2)3/h4-5H2,1-3H3;1-3H3. The number of amides is 2. The second-order valence-electron chi connectivity index (χ2n) is 3.10. The highest BCUT2D eigenvalue weighted by Gasteiger charge is 1.99. The van der Waals surface area contributed by atoms with Gasteiger partial charge in [-0.1, -0.05) is 0 Å².